The van der Waals surface area contributed by atoms with Crippen LogP contribution < -0.4 is 5.32 Å². The highest BCUT2D eigenvalue weighted by molar-refractivity contribution is 7.11. The Kier molecular flexibility index (Phi) is 6.21. The second kappa shape index (κ2) is 8.15. The molecule has 2 aromatic heterocycles. The van der Waals surface area contributed by atoms with Gasteiger partial charge < -0.3 is 14.8 Å². The van der Waals surface area contributed by atoms with Crippen LogP contribution in [0.25, 0.3) is 0 Å². The van der Waals surface area contributed by atoms with Crippen molar-refractivity contribution < 1.29 is 0 Å². The van der Waals surface area contributed by atoms with Crippen LogP contribution in [0.5, 0.6) is 0 Å². The van der Waals surface area contributed by atoms with E-state index in [0.717, 1.165) is 31.9 Å². The summed E-state index contributed by atoms with van der Waals surface area (Å²) in [4.78, 5) is 12.5. The van der Waals surface area contributed by atoms with E-state index in [9.17, 15) is 0 Å². The van der Waals surface area contributed by atoms with Crippen LogP contribution in [0.15, 0.2) is 23.3 Å². The molecule has 2 aromatic rings. The van der Waals surface area contributed by atoms with Gasteiger partial charge in [-0.2, -0.15) is 0 Å². The molecule has 0 bridgehead atoms. The normalized spacial score (nSPS) is 11.8. The summed E-state index contributed by atoms with van der Waals surface area (Å²) in [5.74, 6) is 0.912. The molecule has 5 nitrogen and oxygen atoms in total. The van der Waals surface area contributed by atoms with E-state index in [0.29, 0.717) is 0 Å². The smallest absolute Gasteiger partial charge is 0.193 e. The highest BCUT2D eigenvalue weighted by Crippen LogP contribution is 2.18. The zero-order valence-corrected chi connectivity index (χ0v) is 15.6. The molecule has 2 rings (SSSR count). The van der Waals surface area contributed by atoms with Crippen LogP contribution in [0, 0.1) is 6.92 Å². The minimum Gasteiger partial charge on any atom is -0.356 e. The monoisotopic (exact) mass is 333 g/mol. The van der Waals surface area contributed by atoms with Crippen LogP contribution in [0.1, 0.15) is 28.2 Å². The summed E-state index contributed by atoms with van der Waals surface area (Å²) in [6, 6.07) is 4.20. The van der Waals surface area contributed by atoms with Crippen molar-refractivity contribution in [3.8, 4) is 0 Å². The lowest BCUT2D eigenvalue weighted by atomic mass is 10.3. The van der Waals surface area contributed by atoms with Crippen molar-refractivity contribution in [1.29, 1.82) is 0 Å². The van der Waals surface area contributed by atoms with E-state index in [1.165, 1.54) is 21.3 Å². The Hall–Kier alpha value is -1.82. The topological polar surface area (TPSA) is 45.5 Å². The minimum absolute atomic E-state index is 0.833. The standard InChI is InChI=1S/C17H27N5S/c1-6-15-13(2)23-16(20-15)9-10-19-17(18-3)22(5)12-14-8-7-11-21(14)4/h7-8,11H,6,9-10,12H2,1-5H3,(H,18,19). The molecule has 0 saturated carbocycles. The predicted octanol–water partition coefficient (Wildman–Crippen LogP) is 2.60. The average molecular weight is 334 g/mol. The third kappa shape index (κ3) is 4.58. The molecule has 2 heterocycles. The maximum absolute atomic E-state index is 4.69. The van der Waals surface area contributed by atoms with Gasteiger partial charge in [0.1, 0.15) is 0 Å². The van der Waals surface area contributed by atoms with E-state index in [1.54, 1.807) is 11.3 Å². The molecule has 0 aliphatic carbocycles. The Morgan fingerprint density at radius 2 is 2.26 bits per heavy atom. The van der Waals surface area contributed by atoms with Crippen LogP contribution in [-0.2, 0) is 26.4 Å². The van der Waals surface area contributed by atoms with Gasteiger partial charge in [-0.1, -0.05) is 6.92 Å². The van der Waals surface area contributed by atoms with Crippen LogP contribution in [0.4, 0.5) is 0 Å². The first kappa shape index (κ1) is 17.5. The Morgan fingerprint density at radius 3 is 2.83 bits per heavy atom. The van der Waals surface area contributed by atoms with Crippen LogP contribution >= 0.6 is 11.3 Å². The third-order valence-corrected chi connectivity index (χ3v) is 4.99. The van der Waals surface area contributed by atoms with Crippen molar-refractivity contribution in [2.24, 2.45) is 12.0 Å². The number of thiazole rings is 1. The number of aryl methyl sites for hydroxylation is 3. The number of hydrogen-bond acceptors (Lipinski definition) is 3. The summed E-state index contributed by atoms with van der Waals surface area (Å²) in [6.07, 6.45) is 4.01. The van der Waals surface area contributed by atoms with E-state index < -0.39 is 0 Å². The van der Waals surface area contributed by atoms with Crippen molar-refractivity contribution in [2.75, 3.05) is 20.6 Å². The summed E-state index contributed by atoms with van der Waals surface area (Å²) in [6.45, 7) is 5.99. The molecule has 0 saturated heterocycles. The van der Waals surface area contributed by atoms with Crippen molar-refractivity contribution in [3.63, 3.8) is 0 Å². The average Bonchev–Trinajstić information content (AvgIpc) is 3.09. The molecule has 6 heteroatoms. The molecule has 0 unspecified atom stereocenters. The van der Waals surface area contributed by atoms with Gasteiger partial charge in [0.2, 0.25) is 0 Å². The molecule has 0 aliphatic rings. The maximum atomic E-state index is 4.69. The predicted molar refractivity (Wildman–Crippen MR) is 98.2 cm³/mol. The van der Waals surface area contributed by atoms with Gasteiger partial charge in [0.25, 0.3) is 0 Å². The van der Waals surface area contributed by atoms with Gasteiger partial charge in [0.15, 0.2) is 5.96 Å². The SMILES string of the molecule is CCc1nc(CCNC(=NC)N(C)Cc2cccn2C)sc1C. The molecular weight excluding hydrogens is 306 g/mol. The lowest BCUT2D eigenvalue weighted by Crippen LogP contribution is -2.39. The number of rotatable bonds is 6. The van der Waals surface area contributed by atoms with Crippen LogP contribution in [0.2, 0.25) is 0 Å². The Labute approximate surface area is 143 Å². The molecule has 0 atom stereocenters. The van der Waals surface area contributed by atoms with Crippen molar-refractivity contribution >= 4 is 17.3 Å². The highest BCUT2D eigenvalue weighted by atomic mass is 32.1. The van der Waals surface area contributed by atoms with Gasteiger partial charge >= 0.3 is 0 Å². The molecule has 0 spiro atoms. The Bertz CT molecular complexity index is 656. The summed E-state index contributed by atoms with van der Waals surface area (Å²) in [5.41, 5.74) is 2.49. The maximum Gasteiger partial charge on any atom is 0.193 e. The fourth-order valence-electron chi connectivity index (χ4n) is 2.57. The molecule has 0 amide bonds. The summed E-state index contributed by atoms with van der Waals surface area (Å²) >= 11 is 1.80. The summed E-state index contributed by atoms with van der Waals surface area (Å²) < 4.78 is 2.13. The molecule has 0 aromatic carbocycles. The van der Waals surface area contributed by atoms with E-state index in [1.807, 2.05) is 7.05 Å². The van der Waals surface area contributed by atoms with E-state index in [-0.39, 0.29) is 0 Å². The van der Waals surface area contributed by atoms with Gasteiger partial charge in [0, 0.05) is 50.9 Å². The van der Waals surface area contributed by atoms with Crippen LogP contribution in [0.3, 0.4) is 0 Å². The molecular formula is C17H27N5S. The third-order valence-electron chi connectivity index (χ3n) is 3.92. The first-order chi connectivity index (χ1) is 11.0. The number of nitrogens with zero attached hydrogens (tertiary/aromatic N) is 4. The summed E-state index contributed by atoms with van der Waals surface area (Å²) in [5, 5.41) is 4.63. The molecule has 23 heavy (non-hydrogen) atoms. The second-order valence-electron chi connectivity index (χ2n) is 5.65. The molecule has 1 N–H and O–H groups in total. The van der Waals surface area contributed by atoms with E-state index >= 15 is 0 Å². The van der Waals surface area contributed by atoms with Crippen LogP contribution in [-0.4, -0.2) is 41.1 Å². The van der Waals surface area contributed by atoms with Gasteiger partial charge in [-0.3, -0.25) is 4.99 Å². The molecule has 0 fully saturated rings. The Morgan fingerprint density at radius 1 is 1.48 bits per heavy atom. The molecule has 0 aliphatic heterocycles. The zero-order valence-electron chi connectivity index (χ0n) is 14.8. The van der Waals surface area contributed by atoms with E-state index in [2.05, 4.69) is 71.0 Å². The molecule has 0 radical (unpaired) electrons. The fraction of sp³-hybridized carbons (Fsp3) is 0.529. The van der Waals surface area contributed by atoms with Crippen molar-refractivity contribution in [2.45, 2.75) is 33.2 Å². The number of guanidine groups is 1. The lowest BCUT2D eigenvalue weighted by Gasteiger charge is -2.22. The minimum atomic E-state index is 0.833. The van der Waals surface area contributed by atoms with E-state index in [4.69, 9.17) is 0 Å². The van der Waals surface area contributed by atoms with Gasteiger partial charge in [-0.05, 0) is 25.5 Å². The van der Waals surface area contributed by atoms with Crippen molar-refractivity contribution in [1.82, 2.24) is 19.8 Å². The van der Waals surface area contributed by atoms with Gasteiger partial charge in [-0.25, -0.2) is 4.98 Å². The highest BCUT2D eigenvalue weighted by Gasteiger charge is 2.09. The number of nitrogens with one attached hydrogen (secondary N) is 1. The number of aliphatic imine (C=N–C) groups is 1. The molecule has 126 valence electrons. The number of aromatic nitrogens is 2. The quantitative estimate of drug-likeness (QED) is 0.653. The first-order valence-corrected chi connectivity index (χ1v) is 8.84. The van der Waals surface area contributed by atoms with Gasteiger partial charge in [0.05, 0.1) is 17.2 Å². The zero-order chi connectivity index (χ0) is 16.8. The largest absolute Gasteiger partial charge is 0.356 e. The van der Waals surface area contributed by atoms with Crippen molar-refractivity contribution in [3.05, 3.63) is 39.6 Å². The first-order valence-electron chi connectivity index (χ1n) is 8.02. The fourth-order valence-corrected chi connectivity index (χ4v) is 3.59. The second-order valence-corrected chi connectivity index (χ2v) is 6.94. The van der Waals surface area contributed by atoms with Gasteiger partial charge in [-0.15, -0.1) is 11.3 Å². The lowest BCUT2D eigenvalue weighted by molar-refractivity contribution is 0.462. The Balaban J connectivity index is 1.86. The number of hydrogen-bond donors (Lipinski definition) is 1. The summed E-state index contributed by atoms with van der Waals surface area (Å²) in [7, 11) is 5.95.